The van der Waals surface area contributed by atoms with Crippen LogP contribution in [0.2, 0.25) is 0 Å². The molecule has 8 heteroatoms. The Morgan fingerprint density at radius 3 is 2.68 bits per heavy atom. The Morgan fingerprint density at radius 1 is 1.37 bits per heavy atom. The van der Waals surface area contributed by atoms with Crippen molar-refractivity contribution < 1.29 is 24.9 Å². The Bertz CT molecular complexity index is 452. The van der Waals surface area contributed by atoms with Gasteiger partial charge in [-0.15, -0.1) is 0 Å². The number of hydrogen-bond donors (Lipinski definition) is 6. The number of carbonyl (C=O) groups excluding carboxylic acids is 1. The summed E-state index contributed by atoms with van der Waals surface area (Å²) in [5.74, 6) is -1.96. The van der Waals surface area contributed by atoms with E-state index in [9.17, 15) is 15.0 Å². The number of amides is 1. The summed E-state index contributed by atoms with van der Waals surface area (Å²) in [6.07, 6.45) is 0. The third kappa shape index (κ3) is 3.98. The second kappa shape index (κ2) is 6.78. The lowest BCUT2D eigenvalue weighted by molar-refractivity contribution is -0.124. The van der Waals surface area contributed by atoms with Crippen molar-refractivity contribution in [3.63, 3.8) is 0 Å². The van der Waals surface area contributed by atoms with Crippen LogP contribution in [0.25, 0.3) is 0 Å². The summed E-state index contributed by atoms with van der Waals surface area (Å²) in [7, 11) is 1.43. The van der Waals surface area contributed by atoms with Gasteiger partial charge in [0.2, 0.25) is 5.75 Å². The maximum atomic E-state index is 11.4. The number of phenolic OH excluding ortho intramolecular Hbond substituents is 3. The molecule has 0 fully saturated rings. The smallest absolute Gasteiger partial charge is 0.253 e. The number of hydrogen-bond acceptors (Lipinski definition) is 7. The van der Waals surface area contributed by atoms with Crippen LogP contribution in [0.5, 0.6) is 17.2 Å². The maximum Gasteiger partial charge on any atom is 0.253 e. The van der Waals surface area contributed by atoms with Crippen LogP contribution >= 0.6 is 0 Å². The molecule has 0 aliphatic carbocycles. The molecule has 1 unspecified atom stereocenters. The molecule has 0 heterocycles. The van der Waals surface area contributed by atoms with Crippen molar-refractivity contribution in [2.45, 2.75) is 12.6 Å². The molecular weight excluding hydrogens is 254 g/mol. The Morgan fingerprint density at radius 2 is 2.05 bits per heavy atom. The lowest BCUT2D eigenvalue weighted by atomic mass is 10.2. The molecule has 1 rings (SSSR count). The van der Waals surface area contributed by atoms with E-state index in [-0.39, 0.29) is 13.2 Å². The molecule has 0 saturated heterocycles. The molecule has 0 aliphatic rings. The van der Waals surface area contributed by atoms with Crippen molar-refractivity contribution in [1.82, 2.24) is 10.9 Å². The van der Waals surface area contributed by atoms with Gasteiger partial charge < -0.3 is 25.8 Å². The highest BCUT2D eigenvalue weighted by Crippen LogP contribution is 2.36. The molecule has 0 bridgehead atoms. The van der Waals surface area contributed by atoms with E-state index in [1.807, 2.05) is 0 Å². The zero-order valence-electron chi connectivity index (χ0n) is 10.4. The Kier molecular flexibility index (Phi) is 5.37. The van der Waals surface area contributed by atoms with Crippen molar-refractivity contribution >= 4 is 5.91 Å². The highest BCUT2D eigenvalue weighted by atomic mass is 16.5. The summed E-state index contributed by atoms with van der Waals surface area (Å²) in [6, 6.07) is 1.82. The number of rotatable bonds is 6. The van der Waals surface area contributed by atoms with Crippen LogP contribution in [0, 0.1) is 0 Å². The fourth-order valence-electron chi connectivity index (χ4n) is 1.33. The summed E-state index contributed by atoms with van der Waals surface area (Å²) < 4.78 is 4.72. The molecule has 0 aliphatic heterocycles. The van der Waals surface area contributed by atoms with Crippen molar-refractivity contribution in [3.05, 3.63) is 17.7 Å². The van der Waals surface area contributed by atoms with Gasteiger partial charge in [0.05, 0.1) is 6.61 Å². The van der Waals surface area contributed by atoms with Crippen LogP contribution in [0.15, 0.2) is 12.1 Å². The molecule has 0 saturated carbocycles. The molecule has 19 heavy (non-hydrogen) atoms. The van der Waals surface area contributed by atoms with Crippen LogP contribution in [0.3, 0.4) is 0 Å². The van der Waals surface area contributed by atoms with Gasteiger partial charge in [0, 0.05) is 19.2 Å². The number of phenols is 3. The van der Waals surface area contributed by atoms with E-state index in [1.165, 1.54) is 19.2 Å². The van der Waals surface area contributed by atoms with Crippen molar-refractivity contribution in [3.8, 4) is 17.2 Å². The number of ether oxygens (including phenoxy) is 1. The first-order chi connectivity index (χ1) is 8.97. The monoisotopic (exact) mass is 271 g/mol. The van der Waals surface area contributed by atoms with E-state index < -0.39 is 29.2 Å². The van der Waals surface area contributed by atoms with Crippen LogP contribution in [-0.2, 0) is 16.1 Å². The highest BCUT2D eigenvalue weighted by molar-refractivity contribution is 5.81. The third-order valence-electron chi connectivity index (χ3n) is 2.39. The normalized spacial score (nSPS) is 12.1. The lowest BCUT2D eigenvalue weighted by Gasteiger charge is -2.13. The van der Waals surface area contributed by atoms with Gasteiger partial charge in [-0.3, -0.25) is 10.2 Å². The molecule has 106 valence electrons. The Balaban J connectivity index is 2.50. The van der Waals surface area contributed by atoms with Gasteiger partial charge in [-0.1, -0.05) is 6.07 Å². The topological polar surface area (TPSA) is 137 Å². The van der Waals surface area contributed by atoms with E-state index in [2.05, 4.69) is 10.9 Å². The second-order valence-corrected chi connectivity index (χ2v) is 3.85. The molecule has 1 atom stereocenters. The SMILES string of the molecule is COCC(N)C(=O)NNCc1ccc(O)c(O)c1O. The molecule has 0 aromatic heterocycles. The van der Waals surface area contributed by atoms with Crippen LogP contribution in [0.4, 0.5) is 0 Å². The van der Waals surface area contributed by atoms with Gasteiger partial charge in [-0.2, -0.15) is 0 Å². The molecule has 7 N–H and O–H groups in total. The van der Waals surface area contributed by atoms with Gasteiger partial charge in [0.25, 0.3) is 5.91 Å². The van der Waals surface area contributed by atoms with Crippen molar-refractivity contribution in [2.24, 2.45) is 5.73 Å². The van der Waals surface area contributed by atoms with E-state index in [0.717, 1.165) is 0 Å². The van der Waals surface area contributed by atoms with E-state index in [0.29, 0.717) is 5.56 Å². The Labute approximate surface area is 109 Å². The number of hydrazine groups is 1. The first-order valence-electron chi connectivity index (χ1n) is 5.47. The largest absolute Gasteiger partial charge is 0.504 e. The van der Waals surface area contributed by atoms with E-state index >= 15 is 0 Å². The number of benzene rings is 1. The number of carbonyl (C=O) groups is 1. The van der Waals surface area contributed by atoms with Crippen LogP contribution in [0.1, 0.15) is 5.56 Å². The Hall–Kier alpha value is -2.03. The highest BCUT2D eigenvalue weighted by Gasteiger charge is 2.13. The second-order valence-electron chi connectivity index (χ2n) is 3.85. The summed E-state index contributed by atoms with van der Waals surface area (Å²) in [6.45, 7) is 0.129. The molecule has 0 spiro atoms. The number of aromatic hydroxyl groups is 3. The minimum Gasteiger partial charge on any atom is -0.504 e. The summed E-state index contributed by atoms with van der Waals surface area (Å²) in [4.78, 5) is 11.4. The lowest BCUT2D eigenvalue weighted by Crippen LogP contribution is -2.48. The number of nitrogens with one attached hydrogen (secondary N) is 2. The average Bonchev–Trinajstić information content (AvgIpc) is 2.39. The summed E-state index contributed by atoms with van der Waals surface area (Å²) in [5.41, 5.74) is 10.7. The molecule has 8 nitrogen and oxygen atoms in total. The average molecular weight is 271 g/mol. The van der Waals surface area contributed by atoms with Crippen molar-refractivity contribution in [1.29, 1.82) is 0 Å². The van der Waals surface area contributed by atoms with Gasteiger partial charge in [0.1, 0.15) is 6.04 Å². The standard InChI is InChI=1S/C11H17N3O5/c1-19-5-7(12)11(18)14-13-4-6-2-3-8(15)10(17)9(6)16/h2-3,7,13,15-17H,4-5,12H2,1H3,(H,14,18). The van der Waals surface area contributed by atoms with Crippen molar-refractivity contribution in [2.75, 3.05) is 13.7 Å². The van der Waals surface area contributed by atoms with Gasteiger partial charge in [-0.05, 0) is 6.07 Å². The molecule has 1 aromatic carbocycles. The number of methoxy groups -OCH3 is 1. The predicted octanol–water partition coefficient (Wildman–Crippen LogP) is -1.10. The van der Waals surface area contributed by atoms with Crippen LogP contribution < -0.4 is 16.6 Å². The molecule has 0 radical (unpaired) electrons. The zero-order valence-corrected chi connectivity index (χ0v) is 10.4. The molecular formula is C11H17N3O5. The molecule has 1 aromatic rings. The number of nitrogens with two attached hydrogens (primary N) is 1. The quantitative estimate of drug-likeness (QED) is 0.285. The maximum absolute atomic E-state index is 11.4. The predicted molar refractivity (Wildman–Crippen MR) is 66.3 cm³/mol. The van der Waals surface area contributed by atoms with Gasteiger partial charge >= 0.3 is 0 Å². The van der Waals surface area contributed by atoms with Gasteiger partial charge in [-0.25, -0.2) is 5.43 Å². The van der Waals surface area contributed by atoms with E-state index in [1.54, 1.807) is 0 Å². The third-order valence-corrected chi connectivity index (χ3v) is 2.39. The first-order valence-corrected chi connectivity index (χ1v) is 5.47. The van der Waals surface area contributed by atoms with Gasteiger partial charge in [0.15, 0.2) is 11.5 Å². The minimum absolute atomic E-state index is 0.0467. The summed E-state index contributed by atoms with van der Waals surface area (Å²) >= 11 is 0. The first kappa shape index (κ1) is 15.0. The summed E-state index contributed by atoms with van der Waals surface area (Å²) in [5, 5.41) is 28.0. The fourth-order valence-corrected chi connectivity index (χ4v) is 1.33. The molecule has 1 amide bonds. The zero-order chi connectivity index (χ0) is 14.4. The van der Waals surface area contributed by atoms with Crippen LogP contribution in [-0.4, -0.2) is 41.0 Å². The van der Waals surface area contributed by atoms with E-state index in [4.69, 9.17) is 15.6 Å². The fraction of sp³-hybridized carbons (Fsp3) is 0.364. The minimum atomic E-state index is -0.806.